The van der Waals surface area contributed by atoms with Crippen LogP contribution in [0.25, 0.3) is 0 Å². The molecule has 1 saturated heterocycles. The Balaban J connectivity index is 1.48. The molecule has 1 N–H and O–H groups in total. The maximum atomic E-state index is 5.29. The normalized spacial score (nSPS) is 23.4. The van der Waals surface area contributed by atoms with Crippen molar-refractivity contribution < 1.29 is 4.74 Å². The monoisotopic (exact) mass is 350 g/mol. The van der Waals surface area contributed by atoms with Gasteiger partial charge < -0.3 is 15.0 Å². The standard InChI is InChI=1S/C18H30N4OS/c1-14(21-8-5-17-16(12-21)6-9-24-17)10-20-18(19-2)22-7-4-15(11-22)13-23-3/h6,9,14-15H,4-5,7-8,10-13H2,1-3H3,(H,19,20). The predicted molar refractivity (Wildman–Crippen MR) is 101 cm³/mol. The van der Waals surface area contributed by atoms with Crippen LogP contribution in [0.1, 0.15) is 23.8 Å². The van der Waals surface area contributed by atoms with Crippen LogP contribution in [0.4, 0.5) is 0 Å². The summed E-state index contributed by atoms with van der Waals surface area (Å²) in [7, 11) is 3.67. The van der Waals surface area contributed by atoms with E-state index in [0.29, 0.717) is 12.0 Å². The van der Waals surface area contributed by atoms with Gasteiger partial charge in [-0.3, -0.25) is 9.89 Å². The average Bonchev–Trinajstić information content (AvgIpc) is 3.24. The molecule has 0 aliphatic carbocycles. The van der Waals surface area contributed by atoms with Crippen molar-refractivity contribution in [2.45, 2.75) is 32.4 Å². The zero-order chi connectivity index (χ0) is 16.9. The van der Waals surface area contributed by atoms with Crippen LogP contribution in [-0.4, -0.2) is 68.7 Å². The zero-order valence-electron chi connectivity index (χ0n) is 15.1. The van der Waals surface area contributed by atoms with Gasteiger partial charge in [0.05, 0.1) is 6.61 Å². The van der Waals surface area contributed by atoms with Gasteiger partial charge in [-0.25, -0.2) is 0 Å². The Kier molecular flexibility index (Phi) is 6.14. The van der Waals surface area contributed by atoms with Crippen molar-refractivity contribution in [1.82, 2.24) is 15.1 Å². The van der Waals surface area contributed by atoms with Crippen LogP contribution >= 0.6 is 11.3 Å². The molecule has 2 atom stereocenters. The van der Waals surface area contributed by atoms with Gasteiger partial charge in [-0.2, -0.15) is 0 Å². The molecule has 3 heterocycles. The molecule has 0 radical (unpaired) electrons. The first-order valence-corrected chi connectivity index (χ1v) is 9.83. The third-order valence-electron chi connectivity index (χ3n) is 5.22. The van der Waals surface area contributed by atoms with Crippen molar-refractivity contribution in [3.8, 4) is 0 Å². The molecule has 0 saturated carbocycles. The summed E-state index contributed by atoms with van der Waals surface area (Å²) < 4.78 is 5.29. The molecular formula is C18H30N4OS. The van der Waals surface area contributed by atoms with E-state index in [1.807, 2.05) is 18.4 Å². The number of hydrogen-bond donors (Lipinski definition) is 1. The number of hydrogen-bond acceptors (Lipinski definition) is 4. The first-order chi connectivity index (χ1) is 11.7. The van der Waals surface area contributed by atoms with Crippen LogP contribution in [0, 0.1) is 5.92 Å². The molecule has 2 aliphatic heterocycles. The van der Waals surface area contributed by atoms with Crippen molar-refractivity contribution >= 4 is 17.3 Å². The quantitative estimate of drug-likeness (QED) is 0.652. The molecule has 2 unspecified atom stereocenters. The Morgan fingerprint density at radius 2 is 2.38 bits per heavy atom. The van der Waals surface area contributed by atoms with Gasteiger partial charge in [-0.1, -0.05) is 0 Å². The molecule has 6 heteroatoms. The molecule has 1 fully saturated rings. The van der Waals surface area contributed by atoms with Gasteiger partial charge in [-0.05, 0) is 36.8 Å². The second kappa shape index (κ2) is 8.32. The number of nitrogens with zero attached hydrogens (tertiary/aromatic N) is 3. The van der Waals surface area contributed by atoms with Crippen LogP contribution in [0.3, 0.4) is 0 Å². The summed E-state index contributed by atoms with van der Waals surface area (Å²) in [5.74, 6) is 1.67. The lowest BCUT2D eigenvalue weighted by Crippen LogP contribution is -2.48. The molecule has 1 aromatic rings. The smallest absolute Gasteiger partial charge is 0.193 e. The van der Waals surface area contributed by atoms with Gasteiger partial charge in [0.15, 0.2) is 5.96 Å². The van der Waals surface area contributed by atoms with E-state index < -0.39 is 0 Å². The van der Waals surface area contributed by atoms with Gasteiger partial charge in [0.25, 0.3) is 0 Å². The SMILES string of the molecule is CN=C(NCC(C)N1CCc2sccc2C1)N1CCC(COC)C1. The largest absolute Gasteiger partial charge is 0.384 e. The van der Waals surface area contributed by atoms with Gasteiger partial charge in [0.2, 0.25) is 0 Å². The van der Waals surface area contributed by atoms with Crippen molar-refractivity contribution in [2.24, 2.45) is 10.9 Å². The number of likely N-dealkylation sites (tertiary alicyclic amines) is 1. The van der Waals surface area contributed by atoms with Gasteiger partial charge in [0, 0.05) is 63.7 Å². The Morgan fingerprint density at radius 1 is 1.50 bits per heavy atom. The highest BCUT2D eigenvalue weighted by molar-refractivity contribution is 7.10. The number of nitrogens with one attached hydrogen (secondary N) is 1. The summed E-state index contributed by atoms with van der Waals surface area (Å²) in [5, 5.41) is 5.81. The second-order valence-corrected chi connectivity index (χ2v) is 7.92. The van der Waals surface area contributed by atoms with Crippen LogP contribution in [0.5, 0.6) is 0 Å². The third-order valence-corrected chi connectivity index (χ3v) is 6.24. The third kappa shape index (κ3) is 4.10. The van der Waals surface area contributed by atoms with Gasteiger partial charge in [-0.15, -0.1) is 11.3 Å². The minimum absolute atomic E-state index is 0.507. The molecule has 24 heavy (non-hydrogen) atoms. The summed E-state index contributed by atoms with van der Waals surface area (Å²) in [6, 6.07) is 2.79. The number of rotatable bonds is 5. The molecule has 3 rings (SSSR count). The van der Waals surface area contributed by atoms with E-state index >= 15 is 0 Å². The lowest BCUT2D eigenvalue weighted by Gasteiger charge is -2.33. The number of guanidine groups is 1. The highest BCUT2D eigenvalue weighted by Gasteiger charge is 2.26. The summed E-state index contributed by atoms with van der Waals surface area (Å²) in [4.78, 5) is 11.0. The summed E-state index contributed by atoms with van der Waals surface area (Å²) in [5.41, 5.74) is 1.52. The van der Waals surface area contributed by atoms with Crippen molar-refractivity contribution in [3.05, 3.63) is 21.9 Å². The average molecular weight is 351 g/mol. The van der Waals surface area contributed by atoms with Crippen LogP contribution < -0.4 is 5.32 Å². The first kappa shape index (κ1) is 17.7. The van der Waals surface area contributed by atoms with Crippen molar-refractivity contribution in [1.29, 1.82) is 0 Å². The molecule has 0 spiro atoms. The Labute approximate surface area is 149 Å². The van der Waals surface area contributed by atoms with Crippen molar-refractivity contribution in [3.63, 3.8) is 0 Å². The van der Waals surface area contributed by atoms with E-state index in [1.54, 1.807) is 12.0 Å². The van der Waals surface area contributed by atoms with E-state index in [1.165, 1.54) is 18.4 Å². The van der Waals surface area contributed by atoms with E-state index in [0.717, 1.165) is 45.3 Å². The van der Waals surface area contributed by atoms with E-state index in [2.05, 4.69) is 38.5 Å². The fraction of sp³-hybridized carbons (Fsp3) is 0.722. The number of fused-ring (bicyclic) bond motifs is 1. The molecule has 0 aromatic carbocycles. The minimum atomic E-state index is 0.507. The first-order valence-electron chi connectivity index (χ1n) is 8.95. The Morgan fingerprint density at radius 3 is 3.17 bits per heavy atom. The molecule has 134 valence electrons. The fourth-order valence-electron chi connectivity index (χ4n) is 3.74. The van der Waals surface area contributed by atoms with Crippen LogP contribution in [0.2, 0.25) is 0 Å². The van der Waals surface area contributed by atoms with Gasteiger partial charge in [0.1, 0.15) is 0 Å². The number of aliphatic imine (C=N–C) groups is 1. The summed E-state index contributed by atoms with van der Waals surface area (Å²) in [6.45, 7) is 8.47. The molecule has 0 amide bonds. The number of methoxy groups -OCH3 is 1. The van der Waals surface area contributed by atoms with E-state index in [9.17, 15) is 0 Å². The lowest BCUT2D eigenvalue weighted by atomic mass is 10.1. The van der Waals surface area contributed by atoms with Crippen LogP contribution in [0.15, 0.2) is 16.4 Å². The number of ether oxygens (including phenoxy) is 1. The van der Waals surface area contributed by atoms with Crippen LogP contribution in [-0.2, 0) is 17.7 Å². The molecule has 5 nitrogen and oxygen atoms in total. The maximum Gasteiger partial charge on any atom is 0.193 e. The lowest BCUT2D eigenvalue weighted by molar-refractivity contribution is 0.157. The van der Waals surface area contributed by atoms with Crippen molar-refractivity contribution in [2.75, 3.05) is 46.9 Å². The minimum Gasteiger partial charge on any atom is -0.384 e. The second-order valence-electron chi connectivity index (χ2n) is 6.92. The number of thiophene rings is 1. The maximum absolute atomic E-state index is 5.29. The van der Waals surface area contributed by atoms with E-state index in [4.69, 9.17) is 4.74 Å². The topological polar surface area (TPSA) is 40.1 Å². The van der Waals surface area contributed by atoms with E-state index in [-0.39, 0.29) is 0 Å². The molecule has 0 bridgehead atoms. The summed E-state index contributed by atoms with van der Waals surface area (Å²) in [6.07, 6.45) is 2.38. The Bertz CT molecular complexity index is 559. The molecule has 2 aliphatic rings. The molecular weight excluding hydrogens is 320 g/mol. The molecule has 1 aromatic heterocycles. The predicted octanol–water partition coefficient (Wildman–Crippen LogP) is 2.04. The highest BCUT2D eigenvalue weighted by Crippen LogP contribution is 2.25. The fourth-order valence-corrected chi connectivity index (χ4v) is 4.63. The summed E-state index contributed by atoms with van der Waals surface area (Å²) >= 11 is 1.90. The van der Waals surface area contributed by atoms with Gasteiger partial charge >= 0.3 is 0 Å². The zero-order valence-corrected chi connectivity index (χ0v) is 15.9. The highest BCUT2D eigenvalue weighted by atomic mass is 32.1. The Hall–Kier alpha value is -1.11.